The summed E-state index contributed by atoms with van der Waals surface area (Å²) in [6.45, 7) is -0.547. The summed E-state index contributed by atoms with van der Waals surface area (Å²) in [5.74, 6) is -0.507. The van der Waals surface area contributed by atoms with Crippen LogP contribution in [0.15, 0.2) is 30.3 Å². The zero-order chi connectivity index (χ0) is 19.2. The minimum Gasteiger partial charge on any atom is -0.394 e. The van der Waals surface area contributed by atoms with E-state index in [-0.39, 0.29) is 0 Å². The minimum atomic E-state index is -4.64. The monoisotopic (exact) mass is 381 g/mol. The third kappa shape index (κ3) is 7.16. The van der Waals surface area contributed by atoms with Gasteiger partial charge in [-0.05, 0) is 12.1 Å². The molecule has 25 heavy (non-hydrogen) atoms. The Hall–Kier alpha value is -1.40. The number of ether oxygens (including phenoxy) is 1. The van der Waals surface area contributed by atoms with E-state index in [9.17, 15) is 20.1 Å². The molecule has 0 aromatic heterocycles. The molecule has 1 aromatic rings. The SMILES string of the molecule is O=C(N[C@H]1C(O)O[C@H](CO)[C@H](O)[C@@H]1O)c1ccccc1.O=P(O)(O)O. The average molecular weight is 381 g/mol. The van der Waals surface area contributed by atoms with Gasteiger partial charge in [-0.15, -0.1) is 0 Å². The van der Waals surface area contributed by atoms with Crippen LogP contribution in [0, 0.1) is 0 Å². The van der Waals surface area contributed by atoms with Crippen LogP contribution in [0.1, 0.15) is 10.4 Å². The molecule has 0 radical (unpaired) electrons. The molecule has 1 amide bonds. The number of aliphatic hydroxyl groups excluding tert-OH is 4. The number of hydrogen-bond donors (Lipinski definition) is 8. The molecule has 1 heterocycles. The summed E-state index contributed by atoms with van der Waals surface area (Å²) in [5.41, 5.74) is 0.352. The van der Waals surface area contributed by atoms with Gasteiger partial charge in [-0.3, -0.25) is 4.79 Å². The van der Waals surface area contributed by atoms with E-state index < -0.39 is 51.0 Å². The Bertz CT molecular complexity index is 585. The molecule has 1 aliphatic rings. The molecular formula is C13H20NO10P. The first-order valence-corrected chi connectivity index (χ1v) is 8.56. The van der Waals surface area contributed by atoms with Crippen LogP contribution in [-0.4, -0.2) is 78.3 Å². The predicted molar refractivity (Wildman–Crippen MR) is 81.9 cm³/mol. The smallest absolute Gasteiger partial charge is 0.394 e. The van der Waals surface area contributed by atoms with Crippen molar-refractivity contribution in [1.82, 2.24) is 5.32 Å². The van der Waals surface area contributed by atoms with E-state index in [0.29, 0.717) is 5.56 Å². The van der Waals surface area contributed by atoms with Crippen molar-refractivity contribution in [1.29, 1.82) is 0 Å². The van der Waals surface area contributed by atoms with Gasteiger partial charge in [0.1, 0.15) is 24.4 Å². The fourth-order valence-electron chi connectivity index (χ4n) is 2.08. The molecule has 1 unspecified atom stereocenters. The first-order valence-electron chi connectivity index (χ1n) is 6.99. The Balaban J connectivity index is 0.000000550. The van der Waals surface area contributed by atoms with Crippen LogP contribution in [0.2, 0.25) is 0 Å². The lowest BCUT2D eigenvalue weighted by molar-refractivity contribution is -0.252. The van der Waals surface area contributed by atoms with Gasteiger partial charge in [0, 0.05) is 5.56 Å². The van der Waals surface area contributed by atoms with Gasteiger partial charge in [0.2, 0.25) is 0 Å². The van der Waals surface area contributed by atoms with E-state index in [1.807, 2.05) is 0 Å². The number of hydrogen-bond acceptors (Lipinski definition) is 7. The van der Waals surface area contributed by atoms with Gasteiger partial charge in [-0.2, -0.15) is 0 Å². The molecule has 11 nitrogen and oxygen atoms in total. The van der Waals surface area contributed by atoms with Crippen molar-refractivity contribution in [3.05, 3.63) is 35.9 Å². The molecule has 1 aromatic carbocycles. The Morgan fingerprint density at radius 1 is 1.08 bits per heavy atom. The Morgan fingerprint density at radius 2 is 1.60 bits per heavy atom. The fourth-order valence-corrected chi connectivity index (χ4v) is 2.08. The van der Waals surface area contributed by atoms with Crippen molar-refractivity contribution in [3.8, 4) is 0 Å². The summed E-state index contributed by atoms with van der Waals surface area (Å²) in [6, 6.07) is 7.07. The van der Waals surface area contributed by atoms with Crippen LogP contribution >= 0.6 is 7.82 Å². The highest BCUT2D eigenvalue weighted by Gasteiger charge is 2.44. The van der Waals surface area contributed by atoms with Crippen LogP contribution in [0.25, 0.3) is 0 Å². The first kappa shape index (κ1) is 21.6. The van der Waals surface area contributed by atoms with Crippen molar-refractivity contribution in [2.24, 2.45) is 0 Å². The van der Waals surface area contributed by atoms with Crippen molar-refractivity contribution in [2.75, 3.05) is 6.61 Å². The predicted octanol–water partition coefficient (Wildman–Crippen LogP) is -2.71. The van der Waals surface area contributed by atoms with E-state index in [0.717, 1.165) is 0 Å². The van der Waals surface area contributed by atoms with Gasteiger partial charge in [0.05, 0.1) is 6.61 Å². The Kier molecular flexibility index (Phi) is 8.09. The number of rotatable bonds is 3. The molecule has 142 valence electrons. The number of nitrogens with one attached hydrogen (secondary N) is 1. The number of aliphatic hydroxyl groups is 4. The summed E-state index contributed by atoms with van der Waals surface area (Å²) in [7, 11) is -4.64. The Morgan fingerprint density at radius 3 is 2.08 bits per heavy atom. The summed E-state index contributed by atoms with van der Waals surface area (Å²) in [4.78, 5) is 33.5. The average Bonchev–Trinajstić information content (AvgIpc) is 2.54. The molecule has 1 fully saturated rings. The van der Waals surface area contributed by atoms with Crippen molar-refractivity contribution in [2.45, 2.75) is 30.6 Å². The molecular weight excluding hydrogens is 361 g/mol. The fraction of sp³-hybridized carbons (Fsp3) is 0.462. The third-order valence-corrected chi connectivity index (χ3v) is 3.23. The standard InChI is InChI=1S/C13H17NO6.H3O4P/c15-6-8-10(16)11(17)9(13(19)20-8)14-12(18)7-4-2-1-3-5-7;1-5(2,3)4/h1-5,8-11,13,15-17,19H,6H2,(H,14,18);(H3,1,2,3,4)/t8-,9-,10+,11-,13?;/m1./s1. The molecule has 0 saturated carbocycles. The molecule has 0 bridgehead atoms. The highest BCUT2D eigenvalue weighted by atomic mass is 31.2. The van der Waals surface area contributed by atoms with Gasteiger partial charge >= 0.3 is 7.82 Å². The summed E-state index contributed by atoms with van der Waals surface area (Å²) in [6.07, 6.45) is -5.45. The van der Waals surface area contributed by atoms with Crippen molar-refractivity contribution >= 4 is 13.7 Å². The van der Waals surface area contributed by atoms with Crippen molar-refractivity contribution in [3.63, 3.8) is 0 Å². The molecule has 0 spiro atoms. The highest BCUT2D eigenvalue weighted by molar-refractivity contribution is 7.45. The number of amides is 1. The number of benzene rings is 1. The molecule has 2 rings (SSSR count). The van der Waals surface area contributed by atoms with Gasteiger partial charge in [-0.1, -0.05) is 18.2 Å². The summed E-state index contributed by atoms with van der Waals surface area (Å²) in [5, 5.41) is 40.7. The second-order valence-electron chi connectivity index (χ2n) is 5.11. The molecule has 8 N–H and O–H groups in total. The largest absolute Gasteiger partial charge is 0.466 e. The van der Waals surface area contributed by atoms with Gasteiger partial charge < -0.3 is 45.2 Å². The molecule has 0 aliphatic carbocycles. The van der Waals surface area contributed by atoms with E-state index in [1.165, 1.54) is 0 Å². The van der Waals surface area contributed by atoms with Gasteiger partial charge in [-0.25, -0.2) is 4.57 Å². The minimum absolute atomic E-state index is 0.352. The van der Waals surface area contributed by atoms with Gasteiger partial charge in [0.25, 0.3) is 5.91 Å². The normalized spacial score (nSPS) is 29.3. The van der Waals surface area contributed by atoms with E-state index >= 15 is 0 Å². The lowest BCUT2D eigenvalue weighted by Gasteiger charge is -2.40. The second-order valence-corrected chi connectivity index (χ2v) is 6.13. The molecule has 5 atom stereocenters. The summed E-state index contributed by atoms with van der Waals surface area (Å²) < 4.78 is 13.8. The lowest BCUT2D eigenvalue weighted by atomic mass is 9.97. The topological polar surface area (TPSA) is 197 Å². The first-order chi connectivity index (χ1) is 11.5. The second kappa shape index (κ2) is 9.34. The summed E-state index contributed by atoms with van der Waals surface area (Å²) >= 11 is 0. The van der Waals surface area contributed by atoms with E-state index in [1.54, 1.807) is 30.3 Å². The van der Waals surface area contributed by atoms with Crippen LogP contribution in [0.3, 0.4) is 0 Å². The van der Waals surface area contributed by atoms with Crippen molar-refractivity contribution < 1.29 is 49.2 Å². The Labute approximate surface area is 142 Å². The highest BCUT2D eigenvalue weighted by Crippen LogP contribution is 2.25. The quantitative estimate of drug-likeness (QED) is 0.255. The van der Waals surface area contributed by atoms with E-state index in [4.69, 9.17) is 29.1 Å². The molecule has 1 aliphatic heterocycles. The maximum Gasteiger partial charge on any atom is 0.466 e. The zero-order valence-corrected chi connectivity index (χ0v) is 13.7. The lowest BCUT2D eigenvalue weighted by Crippen LogP contribution is -2.64. The van der Waals surface area contributed by atoms with Crippen LogP contribution < -0.4 is 5.32 Å². The maximum atomic E-state index is 11.9. The van der Waals surface area contributed by atoms with E-state index in [2.05, 4.69) is 5.32 Å². The zero-order valence-electron chi connectivity index (χ0n) is 12.8. The molecule has 1 saturated heterocycles. The number of carbonyl (C=O) groups is 1. The van der Waals surface area contributed by atoms with Crippen LogP contribution in [0.5, 0.6) is 0 Å². The maximum absolute atomic E-state index is 11.9. The van der Waals surface area contributed by atoms with Crippen LogP contribution in [-0.2, 0) is 9.30 Å². The third-order valence-electron chi connectivity index (χ3n) is 3.23. The number of carbonyl (C=O) groups excluding carboxylic acids is 1. The van der Waals surface area contributed by atoms with Crippen LogP contribution in [0.4, 0.5) is 0 Å². The molecule has 12 heteroatoms. The number of phosphoric acid groups is 1. The van der Waals surface area contributed by atoms with Gasteiger partial charge in [0.15, 0.2) is 6.29 Å².